The van der Waals surface area contributed by atoms with Crippen molar-refractivity contribution in [3.63, 3.8) is 0 Å². The molecule has 24 heavy (non-hydrogen) atoms. The number of hydrogen-bond donors (Lipinski definition) is 1. The zero-order chi connectivity index (χ0) is 17.1. The Morgan fingerprint density at radius 1 is 1.04 bits per heavy atom. The second kappa shape index (κ2) is 5.14. The molecule has 1 N–H and O–H groups in total. The molecular formula is C22H26N2. The van der Waals surface area contributed by atoms with Crippen LogP contribution in [0.25, 0.3) is 22.2 Å². The highest BCUT2D eigenvalue weighted by atomic mass is 15.1. The molecule has 0 saturated heterocycles. The van der Waals surface area contributed by atoms with Crippen LogP contribution < -0.4 is 4.90 Å². The van der Waals surface area contributed by atoms with Crippen LogP contribution in [0.5, 0.6) is 0 Å². The highest BCUT2D eigenvalue weighted by molar-refractivity contribution is 5.99. The zero-order valence-electron chi connectivity index (χ0n) is 15.3. The molecule has 2 aromatic carbocycles. The number of hydrogen-bond acceptors (Lipinski definition) is 1. The predicted octanol–water partition coefficient (Wildman–Crippen LogP) is 5.63. The molecule has 0 radical (unpaired) electrons. The summed E-state index contributed by atoms with van der Waals surface area (Å²) >= 11 is 0. The van der Waals surface area contributed by atoms with Gasteiger partial charge in [0.25, 0.3) is 0 Å². The largest absolute Gasteiger partial charge is 0.372 e. The van der Waals surface area contributed by atoms with Crippen LogP contribution in [0, 0.1) is 6.92 Å². The zero-order valence-corrected chi connectivity index (χ0v) is 15.3. The summed E-state index contributed by atoms with van der Waals surface area (Å²) in [5.74, 6) is 0. The van der Waals surface area contributed by atoms with Crippen molar-refractivity contribution in [2.45, 2.75) is 40.0 Å². The molecule has 1 aliphatic rings. The third kappa shape index (κ3) is 1.89. The third-order valence-electron chi connectivity index (χ3n) is 5.71. The fraction of sp³-hybridized carbons (Fsp3) is 0.364. The topological polar surface area (TPSA) is 19.0 Å². The maximum absolute atomic E-state index is 3.74. The normalized spacial score (nSPS) is 14.7. The minimum Gasteiger partial charge on any atom is -0.372 e. The Hall–Kier alpha value is -2.22. The molecule has 0 atom stereocenters. The monoisotopic (exact) mass is 318 g/mol. The molecule has 0 saturated carbocycles. The number of aromatic nitrogens is 1. The third-order valence-corrected chi connectivity index (χ3v) is 5.71. The Kier molecular flexibility index (Phi) is 3.28. The van der Waals surface area contributed by atoms with Crippen LogP contribution in [0.4, 0.5) is 5.69 Å². The highest BCUT2D eigenvalue weighted by Gasteiger charge is 2.38. The average Bonchev–Trinajstić information content (AvgIpc) is 3.05. The summed E-state index contributed by atoms with van der Waals surface area (Å²) in [6.07, 6.45) is 0. The van der Waals surface area contributed by atoms with Gasteiger partial charge < -0.3 is 9.88 Å². The molecule has 124 valence electrons. The molecule has 0 aliphatic heterocycles. The molecule has 0 bridgehead atoms. The Labute approximate surface area is 144 Å². The lowest BCUT2D eigenvalue weighted by Gasteiger charge is -2.24. The Morgan fingerprint density at radius 3 is 2.46 bits per heavy atom. The van der Waals surface area contributed by atoms with Crippen LogP contribution in [0.3, 0.4) is 0 Å². The van der Waals surface area contributed by atoms with Gasteiger partial charge >= 0.3 is 0 Å². The van der Waals surface area contributed by atoms with Crippen LogP contribution in [-0.4, -0.2) is 18.1 Å². The summed E-state index contributed by atoms with van der Waals surface area (Å²) in [5, 5.41) is 1.38. The summed E-state index contributed by atoms with van der Waals surface area (Å²) in [6, 6.07) is 13.5. The quantitative estimate of drug-likeness (QED) is 0.663. The Balaban J connectivity index is 2.04. The summed E-state index contributed by atoms with van der Waals surface area (Å²) in [7, 11) is 0. The van der Waals surface area contributed by atoms with Crippen LogP contribution in [-0.2, 0) is 5.41 Å². The van der Waals surface area contributed by atoms with Crippen molar-refractivity contribution < 1.29 is 0 Å². The molecule has 0 amide bonds. The molecule has 1 aliphatic carbocycles. The molecule has 2 heteroatoms. The van der Waals surface area contributed by atoms with Gasteiger partial charge in [-0.3, -0.25) is 0 Å². The van der Waals surface area contributed by atoms with E-state index in [0.29, 0.717) is 0 Å². The molecule has 3 aromatic rings. The van der Waals surface area contributed by atoms with E-state index in [1.165, 1.54) is 44.5 Å². The van der Waals surface area contributed by atoms with Crippen molar-refractivity contribution in [2.75, 3.05) is 18.0 Å². The van der Waals surface area contributed by atoms with Crippen molar-refractivity contribution in [2.24, 2.45) is 0 Å². The van der Waals surface area contributed by atoms with Crippen molar-refractivity contribution in [3.05, 3.63) is 53.1 Å². The van der Waals surface area contributed by atoms with E-state index in [0.717, 1.165) is 13.1 Å². The maximum Gasteiger partial charge on any atom is 0.0509 e. The van der Waals surface area contributed by atoms with Gasteiger partial charge in [-0.1, -0.05) is 38.1 Å². The minimum atomic E-state index is 0.0402. The number of nitrogens with zero attached hydrogens (tertiary/aromatic N) is 1. The number of fused-ring (bicyclic) bond motifs is 5. The average molecular weight is 318 g/mol. The first-order valence-corrected chi connectivity index (χ1v) is 9.00. The number of nitrogens with one attached hydrogen (secondary N) is 1. The van der Waals surface area contributed by atoms with E-state index in [-0.39, 0.29) is 5.41 Å². The summed E-state index contributed by atoms with van der Waals surface area (Å²) in [6.45, 7) is 13.5. The maximum atomic E-state index is 3.74. The first kappa shape index (κ1) is 15.3. The van der Waals surface area contributed by atoms with Gasteiger partial charge in [0.05, 0.1) is 5.69 Å². The molecule has 1 aromatic heterocycles. The van der Waals surface area contributed by atoms with Crippen LogP contribution in [0.1, 0.15) is 44.4 Å². The standard InChI is InChI=1S/C22H26N2/c1-6-24(7-2)15-12-14(3)20-17(13-15)19-21(23-20)16-10-8-9-11-18(16)22(19,4)5/h8-13,23H,6-7H2,1-5H3. The number of rotatable bonds is 3. The number of benzene rings is 2. The van der Waals surface area contributed by atoms with Crippen LogP contribution in [0.2, 0.25) is 0 Å². The summed E-state index contributed by atoms with van der Waals surface area (Å²) < 4.78 is 0. The van der Waals surface area contributed by atoms with Gasteiger partial charge in [0.15, 0.2) is 0 Å². The predicted molar refractivity (Wildman–Crippen MR) is 104 cm³/mol. The van der Waals surface area contributed by atoms with Crippen molar-refractivity contribution in [1.82, 2.24) is 4.98 Å². The molecule has 4 rings (SSSR count). The minimum absolute atomic E-state index is 0.0402. The second-order valence-corrected chi connectivity index (χ2v) is 7.40. The van der Waals surface area contributed by atoms with Gasteiger partial charge in [0, 0.05) is 40.7 Å². The molecule has 1 heterocycles. The van der Waals surface area contributed by atoms with E-state index < -0.39 is 0 Å². The fourth-order valence-corrected chi connectivity index (χ4v) is 4.46. The lowest BCUT2D eigenvalue weighted by Crippen LogP contribution is -2.22. The SMILES string of the molecule is CCN(CC)c1cc(C)c2[nH]c3c(c2c1)C(C)(C)c1ccccc1-3. The van der Waals surface area contributed by atoms with Gasteiger partial charge in [-0.2, -0.15) is 0 Å². The van der Waals surface area contributed by atoms with Crippen molar-refractivity contribution in [1.29, 1.82) is 0 Å². The molecular weight excluding hydrogens is 292 g/mol. The lowest BCUT2D eigenvalue weighted by atomic mass is 9.81. The fourth-order valence-electron chi connectivity index (χ4n) is 4.46. The molecule has 0 spiro atoms. The number of aryl methyl sites for hydroxylation is 1. The lowest BCUT2D eigenvalue weighted by molar-refractivity contribution is 0.666. The van der Waals surface area contributed by atoms with E-state index in [1.54, 1.807) is 0 Å². The van der Waals surface area contributed by atoms with Crippen molar-refractivity contribution in [3.8, 4) is 11.3 Å². The van der Waals surface area contributed by atoms with E-state index in [1.807, 2.05) is 0 Å². The second-order valence-electron chi connectivity index (χ2n) is 7.40. The first-order valence-electron chi connectivity index (χ1n) is 9.00. The number of anilines is 1. The van der Waals surface area contributed by atoms with Gasteiger partial charge in [-0.15, -0.1) is 0 Å². The summed E-state index contributed by atoms with van der Waals surface area (Å²) in [4.78, 5) is 6.17. The van der Waals surface area contributed by atoms with Gasteiger partial charge in [-0.25, -0.2) is 0 Å². The van der Waals surface area contributed by atoms with Crippen molar-refractivity contribution >= 4 is 16.6 Å². The van der Waals surface area contributed by atoms with Crippen LogP contribution in [0.15, 0.2) is 36.4 Å². The van der Waals surface area contributed by atoms with E-state index in [4.69, 9.17) is 0 Å². The first-order chi connectivity index (χ1) is 11.5. The van der Waals surface area contributed by atoms with Gasteiger partial charge in [0.2, 0.25) is 0 Å². The van der Waals surface area contributed by atoms with Crippen LogP contribution >= 0.6 is 0 Å². The van der Waals surface area contributed by atoms with E-state index >= 15 is 0 Å². The summed E-state index contributed by atoms with van der Waals surface area (Å²) in [5.41, 5.74) is 9.55. The molecule has 0 unspecified atom stereocenters. The highest BCUT2D eigenvalue weighted by Crippen LogP contribution is 2.51. The smallest absolute Gasteiger partial charge is 0.0509 e. The molecule has 2 nitrogen and oxygen atoms in total. The van der Waals surface area contributed by atoms with E-state index in [9.17, 15) is 0 Å². The Bertz CT molecular complexity index is 927. The van der Waals surface area contributed by atoms with E-state index in [2.05, 4.69) is 80.9 Å². The number of aromatic amines is 1. The molecule has 0 fully saturated rings. The van der Waals surface area contributed by atoms with Gasteiger partial charge in [-0.05, 0) is 49.6 Å². The van der Waals surface area contributed by atoms with Gasteiger partial charge in [0.1, 0.15) is 0 Å². The Morgan fingerprint density at radius 2 is 1.75 bits per heavy atom. The number of H-pyrrole nitrogens is 1.